The van der Waals surface area contributed by atoms with Gasteiger partial charge in [0.15, 0.2) is 5.41 Å². The van der Waals surface area contributed by atoms with E-state index in [1.165, 1.54) is 0 Å². The van der Waals surface area contributed by atoms with Crippen LogP contribution in [0.2, 0.25) is 0 Å². The number of carbonyl (C=O) groups is 3. The molecule has 3 fully saturated rings. The minimum absolute atomic E-state index is 0.144. The van der Waals surface area contributed by atoms with Crippen molar-refractivity contribution >= 4 is 17.9 Å². The fraction of sp³-hybridized carbons (Fsp3) is 0.800. The van der Waals surface area contributed by atoms with E-state index < -0.39 is 59.4 Å². The van der Waals surface area contributed by atoms with Crippen LogP contribution in [0, 0.1) is 36.5 Å². The third kappa shape index (κ3) is 10.3. The number of ether oxygens (including phenoxy) is 3. The van der Waals surface area contributed by atoms with E-state index in [0.29, 0.717) is 60.8 Å². The second kappa shape index (κ2) is 16.7. The van der Waals surface area contributed by atoms with Crippen LogP contribution in [0.4, 0.5) is 0 Å². The van der Waals surface area contributed by atoms with E-state index in [-0.39, 0.29) is 45.4 Å². The zero-order chi connectivity index (χ0) is 46.9. The van der Waals surface area contributed by atoms with Gasteiger partial charge in [0.05, 0.1) is 18.4 Å². The van der Waals surface area contributed by atoms with Crippen molar-refractivity contribution in [2.75, 3.05) is 21.1 Å². The number of benzene rings is 1. The van der Waals surface area contributed by atoms with Gasteiger partial charge in [-0.1, -0.05) is 26.8 Å². The highest BCUT2D eigenvalue weighted by Crippen LogP contribution is 2.46. The van der Waals surface area contributed by atoms with E-state index in [9.17, 15) is 15.2 Å². The molecule has 3 saturated heterocycles. The molecule has 0 aliphatic carbocycles. The molecule has 0 radical (unpaired) electrons. The highest BCUT2D eigenvalue weighted by Gasteiger charge is 2.57. The number of hydrogen-bond acceptors (Lipinski definition) is 11. The van der Waals surface area contributed by atoms with Gasteiger partial charge in [0.2, 0.25) is 0 Å². The summed E-state index contributed by atoms with van der Waals surface area (Å²) in [6.07, 6.45) is 0.815. The van der Waals surface area contributed by atoms with Crippen LogP contribution >= 0.6 is 0 Å². The van der Waals surface area contributed by atoms with Crippen LogP contribution in [-0.2, 0) is 40.4 Å². The Morgan fingerprint density at radius 2 is 1.05 bits per heavy atom. The number of rotatable bonds is 10. The third-order valence-corrected chi connectivity index (χ3v) is 15.7. The first-order valence-electron chi connectivity index (χ1n) is 22.5. The SMILES string of the molecule is Cc1c(CC(C#N)(C(=O)OC2CC(C)(C)N(C)C(C)(C)C2)C(CC(=O)OC2CC(C)(C)N(C)C(C)(C)C2)C(=O)OC2CC(C)(C)N(C)C(C)(C)C2)cc(C(C)(C)C)c(O)c1C. The summed E-state index contributed by atoms with van der Waals surface area (Å²) in [6.45, 7) is 35.0. The molecule has 4 rings (SSSR count). The van der Waals surface area contributed by atoms with Crippen molar-refractivity contribution in [2.24, 2.45) is 11.3 Å². The molecule has 0 aromatic heterocycles. The lowest BCUT2D eigenvalue weighted by Crippen LogP contribution is -2.61. The number of hydrogen-bond donors (Lipinski definition) is 1. The van der Waals surface area contributed by atoms with E-state index in [4.69, 9.17) is 14.2 Å². The average molecular weight is 851 g/mol. The molecule has 3 aliphatic rings. The Balaban J connectivity index is 1.91. The molecule has 0 bridgehead atoms. The topological polar surface area (TPSA) is 133 Å². The molecule has 0 amide bonds. The fourth-order valence-corrected chi connectivity index (χ4v) is 11.0. The number of phenols is 1. The monoisotopic (exact) mass is 851 g/mol. The Morgan fingerprint density at radius 3 is 1.41 bits per heavy atom. The zero-order valence-electron chi connectivity index (χ0n) is 41.7. The number of carbonyl (C=O) groups excluding carboxylic acids is 3. The summed E-state index contributed by atoms with van der Waals surface area (Å²) in [4.78, 5) is 52.0. The van der Waals surface area contributed by atoms with E-state index in [1.807, 2.05) is 40.7 Å². The highest BCUT2D eigenvalue weighted by atomic mass is 16.6. The predicted octanol–water partition coefficient (Wildman–Crippen LogP) is 8.95. The number of likely N-dealkylation sites (tertiary alicyclic amines) is 3. The first-order chi connectivity index (χ1) is 27.4. The van der Waals surface area contributed by atoms with Crippen LogP contribution in [0.5, 0.6) is 5.75 Å². The third-order valence-electron chi connectivity index (χ3n) is 15.7. The minimum Gasteiger partial charge on any atom is -0.507 e. The molecule has 0 spiro atoms. The fourth-order valence-electron chi connectivity index (χ4n) is 11.0. The lowest BCUT2D eigenvalue weighted by molar-refractivity contribution is -0.184. The summed E-state index contributed by atoms with van der Waals surface area (Å²) in [6, 6.07) is 4.19. The summed E-state index contributed by atoms with van der Waals surface area (Å²) < 4.78 is 19.3. The Bertz CT molecular complexity index is 1830. The van der Waals surface area contributed by atoms with Gasteiger partial charge in [0, 0.05) is 78.2 Å². The molecule has 3 aliphatic heterocycles. The van der Waals surface area contributed by atoms with Gasteiger partial charge in [-0.15, -0.1) is 0 Å². The Labute approximate surface area is 369 Å². The lowest BCUT2D eigenvalue weighted by atomic mass is 9.69. The quantitative estimate of drug-likeness (QED) is 0.179. The number of nitrogens with zero attached hydrogens (tertiary/aromatic N) is 4. The van der Waals surface area contributed by atoms with Crippen molar-refractivity contribution in [3.8, 4) is 11.8 Å². The standard InChI is InChI=1S/C50H82N4O7/c1-31-32(2)40(56)37(43(3,4)5)21-33(31)23-50(30-51,42(58)61-36-28-48(14,15)54(20)49(16,17)29-36)38(41(57)60-35-26-46(10,11)53(19)47(12,13)27-35)22-39(55)59-34-24-44(6,7)52(18)45(8,9)25-34/h21,34-36,38,56H,22-29H2,1-20H3. The smallest absolute Gasteiger partial charge is 0.328 e. The van der Waals surface area contributed by atoms with Crippen LogP contribution in [0.15, 0.2) is 6.07 Å². The summed E-state index contributed by atoms with van der Waals surface area (Å²) in [5, 5.41) is 23.1. The van der Waals surface area contributed by atoms with Crippen LogP contribution in [0.25, 0.3) is 0 Å². The number of esters is 3. The molecular formula is C50H82N4O7. The van der Waals surface area contributed by atoms with Crippen molar-refractivity contribution < 1.29 is 33.7 Å². The molecule has 1 aromatic carbocycles. The molecule has 2 atom stereocenters. The van der Waals surface area contributed by atoms with Gasteiger partial charge >= 0.3 is 17.9 Å². The molecule has 0 saturated carbocycles. The van der Waals surface area contributed by atoms with Gasteiger partial charge < -0.3 is 19.3 Å². The first kappa shape index (κ1) is 50.4. The van der Waals surface area contributed by atoms with Crippen molar-refractivity contribution in [1.29, 1.82) is 5.26 Å². The summed E-state index contributed by atoms with van der Waals surface area (Å²) >= 11 is 0. The van der Waals surface area contributed by atoms with Crippen LogP contribution < -0.4 is 0 Å². The largest absolute Gasteiger partial charge is 0.507 e. The maximum absolute atomic E-state index is 15.4. The molecule has 2 unspecified atom stereocenters. The molecule has 344 valence electrons. The molecule has 3 heterocycles. The van der Waals surface area contributed by atoms with E-state index >= 15 is 9.59 Å². The molecule has 61 heavy (non-hydrogen) atoms. The number of nitriles is 1. The molecule has 11 heteroatoms. The summed E-state index contributed by atoms with van der Waals surface area (Å²) in [7, 11) is 6.21. The number of phenolic OH excluding ortho intramolecular Hbond substituents is 1. The maximum Gasteiger partial charge on any atom is 0.328 e. The zero-order valence-corrected chi connectivity index (χ0v) is 41.7. The van der Waals surface area contributed by atoms with Crippen molar-refractivity contribution in [2.45, 2.75) is 226 Å². The van der Waals surface area contributed by atoms with Gasteiger partial charge in [-0.05, 0) is 146 Å². The van der Waals surface area contributed by atoms with E-state index in [1.54, 1.807) is 0 Å². The van der Waals surface area contributed by atoms with Gasteiger partial charge in [-0.2, -0.15) is 5.26 Å². The second-order valence-electron chi connectivity index (χ2n) is 23.9. The molecule has 1 N–H and O–H groups in total. The maximum atomic E-state index is 15.4. The second-order valence-corrected chi connectivity index (χ2v) is 23.9. The molecule has 1 aromatic rings. The van der Waals surface area contributed by atoms with Crippen molar-refractivity contribution in [3.63, 3.8) is 0 Å². The summed E-state index contributed by atoms with van der Waals surface area (Å²) in [5.74, 6) is -3.76. The van der Waals surface area contributed by atoms with Crippen LogP contribution in [0.3, 0.4) is 0 Å². The first-order valence-corrected chi connectivity index (χ1v) is 22.5. The Morgan fingerprint density at radius 1 is 0.689 bits per heavy atom. The average Bonchev–Trinajstić information content (AvgIpc) is 3.08. The predicted molar refractivity (Wildman–Crippen MR) is 241 cm³/mol. The Hall–Kier alpha value is -3.20. The van der Waals surface area contributed by atoms with Gasteiger partial charge in [0.25, 0.3) is 0 Å². The normalized spacial score (nSPS) is 24.8. The van der Waals surface area contributed by atoms with Crippen LogP contribution in [-0.4, -0.2) is 110 Å². The van der Waals surface area contributed by atoms with E-state index in [0.717, 1.165) is 0 Å². The van der Waals surface area contributed by atoms with Gasteiger partial charge in [-0.3, -0.25) is 29.1 Å². The molecular weight excluding hydrogens is 769 g/mol. The Kier molecular flexibility index (Phi) is 13.8. The van der Waals surface area contributed by atoms with E-state index in [2.05, 4.69) is 125 Å². The molecule has 11 nitrogen and oxygen atoms in total. The van der Waals surface area contributed by atoms with Gasteiger partial charge in [-0.25, -0.2) is 0 Å². The van der Waals surface area contributed by atoms with Gasteiger partial charge in [0.1, 0.15) is 24.1 Å². The van der Waals surface area contributed by atoms with Crippen molar-refractivity contribution in [3.05, 3.63) is 28.3 Å². The summed E-state index contributed by atoms with van der Waals surface area (Å²) in [5.41, 5.74) is -2.09. The lowest BCUT2D eigenvalue weighted by Gasteiger charge is -2.53. The van der Waals surface area contributed by atoms with Crippen LogP contribution in [0.1, 0.15) is 171 Å². The number of piperidine rings is 3. The highest BCUT2D eigenvalue weighted by molar-refractivity contribution is 5.91. The van der Waals surface area contributed by atoms with Crippen molar-refractivity contribution in [1.82, 2.24) is 14.7 Å². The minimum atomic E-state index is -2.21. The number of aromatic hydroxyl groups is 1.